The molecule has 0 radical (unpaired) electrons. The second-order valence-electron chi connectivity index (χ2n) is 6.62. The minimum absolute atomic E-state index is 0.152. The summed E-state index contributed by atoms with van der Waals surface area (Å²) in [7, 11) is 0. The molecule has 0 bridgehead atoms. The van der Waals surface area contributed by atoms with Crippen LogP contribution in [0.5, 0.6) is 11.5 Å². The molecule has 5 heteroatoms. The first-order chi connectivity index (χ1) is 13.7. The lowest BCUT2D eigenvalue weighted by Gasteiger charge is -2.20. The van der Waals surface area contributed by atoms with Crippen molar-refractivity contribution in [3.8, 4) is 33.8 Å². The van der Waals surface area contributed by atoms with Gasteiger partial charge in [0.2, 0.25) is 0 Å². The van der Waals surface area contributed by atoms with Crippen LogP contribution in [-0.2, 0) is 0 Å². The fourth-order valence-electron chi connectivity index (χ4n) is 3.63. The molecule has 0 atom stereocenters. The smallest absolute Gasteiger partial charge is 0.256 e. The third-order valence-corrected chi connectivity index (χ3v) is 5.12. The molecule has 28 heavy (non-hydrogen) atoms. The first-order valence-electron chi connectivity index (χ1n) is 9.02. The van der Waals surface area contributed by atoms with Gasteiger partial charge in [-0.2, -0.15) is 0 Å². The van der Waals surface area contributed by atoms with Crippen LogP contribution in [0.25, 0.3) is 33.2 Å². The molecule has 0 saturated carbocycles. The first-order valence-corrected chi connectivity index (χ1v) is 9.39. The van der Waals surface area contributed by atoms with Gasteiger partial charge in [0, 0.05) is 22.0 Å². The van der Waals surface area contributed by atoms with E-state index in [1.54, 1.807) is 0 Å². The van der Waals surface area contributed by atoms with Crippen molar-refractivity contribution in [2.45, 2.75) is 0 Å². The lowest BCUT2D eigenvalue weighted by molar-refractivity contribution is 0.172. The minimum Gasteiger partial charge on any atom is -0.486 e. The van der Waals surface area contributed by atoms with Crippen molar-refractivity contribution in [2.75, 3.05) is 13.2 Å². The van der Waals surface area contributed by atoms with Crippen LogP contribution in [0.4, 0.5) is 0 Å². The van der Waals surface area contributed by atoms with Crippen molar-refractivity contribution in [3.05, 3.63) is 82.1 Å². The quantitative estimate of drug-likeness (QED) is 0.507. The molecular formula is C23H16ClNO3. The molecule has 0 spiro atoms. The predicted octanol–water partition coefficient (Wildman–Crippen LogP) is 5.29. The van der Waals surface area contributed by atoms with Crippen molar-refractivity contribution < 1.29 is 9.47 Å². The predicted molar refractivity (Wildman–Crippen MR) is 111 cm³/mol. The van der Waals surface area contributed by atoms with Crippen LogP contribution in [0, 0.1) is 0 Å². The molecule has 4 nitrogen and oxygen atoms in total. The fraction of sp³-hybridized carbons (Fsp3) is 0.0870. The standard InChI is InChI=1S/C23H16ClNO3/c24-16-8-6-15(7-9-16)21-17-12-19-20(28-11-10-27-19)13-18(17)25-23(26)22(21)14-4-2-1-3-5-14/h1-9,12-13H,10-11H2,(H,25,26). The van der Waals surface area contributed by atoms with E-state index in [4.69, 9.17) is 21.1 Å². The summed E-state index contributed by atoms with van der Waals surface area (Å²) in [6, 6.07) is 21.0. The molecular weight excluding hydrogens is 374 g/mol. The molecule has 5 rings (SSSR count). The zero-order chi connectivity index (χ0) is 19.1. The van der Waals surface area contributed by atoms with Crippen LogP contribution in [0.1, 0.15) is 0 Å². The van der Waals surface area contributed by atoms with E-state index in [9.17, 15) is 4.79 Å². The number of benzene rings is 3. The van der Waals surface area contributed by atoms with Gasteiger partial charge in [0.25, 0.3) is 5.56 Å². The summed E-state index contributed by atoms with van der Waals surface area (Å²) in [5, 5.41) is 1.54. The Balaban J connectivity index is 1.90. The van der Waals surface area contributed by atoms with Gasteiger partial charge in [-0.05, 0) is 29.3 Å². The zero-order valence-electron chi connectivity index (χ0n) is 14.9. The third kappa shape index (κ3) is 2.83. The number of pyridine rings is 1. The summed E-state index contributed by atoms with van der Waals surface area (Å²) in [5.41, 5.74) is 3.78. The van der Waals surface area contributed by atoms with Crippen molar-refractivity contribution in [1.29, 1.82) is 0 Å². The maximum Gasteiger partial charge on any atom is 0.256 e. The van der Waals surface area contributed by atoms with Crippen LogP contribution in [-0.4, -0.2) is 18.2 Å². The molecule has 3 aromatic carbocycles. The monoisotopic (exact) mass is 389 g/mol. The summed E-state index contributed by atoms with van der Waals surface area (Å²) < 4.78 is 11.5. The highest BCUT2D eigenvalue weighted by molar-refractivity contribution is 6.30. The van der Waals surface area contributed by atoms with Gasteiger partial charge < -0.3 is 14.5 Å². The largest absolute Gasteiger partial charge is 0.486 e. The number of nitrogens with one attached hydrogen (secondary N) is 1. The van der Waals surface area contributed by atoms with Crippen molar-refractivity contribution in [1.82, 2.24) is 4.98 Å². The van der Waals surface area contributed by atoms with Crippen LogP contribution >= 0.6 is 11.6 Å². The maximum atomic E-state index is 13.1. The molecule has 138 valence electrons. The lowest BCUT2D eigenvalue weighted by Crippen LogP contribution is -2.16. The van der Waals surface area contributed by atoms with Gasteiger partial charge in [-0.15, -0.1) is 0 Å². The van der Waals surface area contributed by atoms with E-state index in [-0.39, 0.29) is 5.56 Å². The molecule has 4 aromatic rings. The minimum atomic E-state index is -0.152. The van der Waals surface area contributed by atoms with E-state index in [1.807, 2.05) is 66.7 Å². The molecule has 2 heterocycles. The Morgan fingerprint density at radius 2 is 1.43 bits per heavy atom. The highest BCUT2D eigenvalue weighted by atomic mass is 35.5. The summed E-state index contributed by atoms with van der Waals surface area (Å²) in [5.74, 6) is 1.32. The average molecular weight is 390 g/mol. The number of hydrogen-bond acceptors (Lipinski definition) is 3. The van der Waals surface area contributed by atoms with E-state index in [0.717, 1.165) is 22.1 Å². The van der Waals surface area contributed by atoms with Crippen molar-refractivity contribution in [2.24, 2.45) is 0 Å². The normalized spacial score (nSPS) is 12.9. The van der Waals surface area contributed by atoms with Gasteiger partial charge in [-0.3, -0.25) is 4.79 Å². The molecule has 1 aromatic heterocycles. The van der Waals surface area contributed by atoms with Crippen LogP contribution in [0.15, 0.2) is 71.5 Å². The number of aromatic amines is 1. The summed E-state index contributed by atoms with van der Waals surface area (Å²) in [6.45, 7) is 0.999. The number of rotatable bonds is 2. The van der Waals surface area contributed by atoms with Crippen LogP contribution in [0.3, 0.4) is 0 Å². The Kier molecular flexibility index (Phi) is 4.06. The van der Waals surface area contributed by atoms with Crippen molar-refractivity contribution >= 4 is 22.5 Å². The highest BCUT2D eigenvalue weighted by Crippen LogP contribution is 2.40. The summed E-state index contributed by atoms with van der Waals surface area (Å²) in [6.07, 6.45) is 0. The van der Waals surface area contributed by atoms with Crippen molar-refractivity contribution in [3.63, 3.8) is 0 Å². The second kappa shape index (κ2) is 6.73. The Bertz CT molecular complexity index is 1230. The SMILES string of the molecule is O=c1[nH]c2cc3c(cc2c(-c2ccc(Cl)cc2)c1-c1ccccc1)OCCO3. The summed E-state index contributed by atoms with van der Waals surface area (Å²) >= 11 is 6.10. The Hall–Kier alpha value is -3.24. The number of halogens is 1. The zero-order valence-corrected chi connectivity index (χ0v) is 15.6. The van der Waals surface area contributed by atoms with Gasteiger partial charge in [-0.25, -0.2) is 0 Å². The number of ether oxygens (including phenoxy) is 2. The molecule has 0 aliphatic carbocycles. The molecule has 1 aliphatic rings. The average Bonchev–Trinajstić information content (AvgIpc) is 2.73. The molecule has 0 unspecified atom stereocenters. The van der Waals surface area contributed by atoms with E-state index in [0.29, 0.717) is 40.8 Å². The molecule has 0 saturated heterocycles. The summed E-state index contributed by atoms with van der Waals surface area (Å²) in [4.78, 5) is 16.1. The number of aromatic nitrogens is 1. The Morgan fingerprint density at radius 1 is 0.786 bits per heavy atom. The number of H-pyrrole nitrogens is 1. The topological polar surface area (TPSA) is 51.3 Å². The molecule has 1 N–H and O–H groups in total. The fourth-order valence-corrected chi connectivity index (χ4v) is 3.75. The highest BCUT2D eigenvalue weighted by Gasteiger charge is 2.20. The molecule has 0 amide bonds. The van der Waals surface area contributed by atoms with E-state index in [1.165, 1.54) is 0 Å². The van der Waals surface area contributed by atoms with Gasteiger partial charge in [0.1, 0.15) is 13.2 Å². The van der Waals surface area contributed by atoms with E-state index in [2.05, 4.69) is 4.98 Å². The second-order valence-corrected chi connectivity index (χ2v) is 7.05. The third-order valence-electron chi connectivity index (χ3n) is 4.87. The van der Waals surface area contributed by atoms with Gasteiger partial charge in [0.05, 0.1) is 11.1 Å². The Labute approximate surface area is 166 Å². The lowest BCUT2D eigenvalue weighted by atomic mass is 9.92. The molecule has 0 fully saturated rings. The Morgan fingerprint density at radius 3 is 2.14 bits per heavy atom. The van der Waals surface area contributed by atoms with Gasteiger partial charge in [0.15, 0.2) is 11.5 Å². The van der Waals surface area contributed by atoms with E-state index >= 15 is 0 Å². The maximum absolute atomic E-state index is 13.1. The first kappa shape index (κ1) is 16.9. The van der Waals surface area contributed by atoms with E-state index < -0.39 is 0 Å². The number of fused-ring (bicyclic) bond motifs is 2. The molecule has 1 aliphatic heterocycles. The number of hydrogen-bond donors (Lipinski definition) is 1. The van der Waals surface area contributed by atoms with Gasteiger partial charge >= 0.3 is 0 Å². The van der Waals surface area contributed by atoms with Crippen LogP contribution < -0.4 is 15.0 Å². The van der Waals surface area contributed by atoms with Gasteiger partial charge in [-0.1, -0.05) is 54.1 Å². The van der Waals surface area contributed by atoms with Crippen LogP contribution in [0.2, 0.25) is 5.02 Å².